The molecule has 0 atom stereocenters. The minimum atomic E-state index is -0.418. The first-order valence-corrected chi connectivity index (χ1v) is 11.5. The lowest BCUT2D eigenvalue weighted by atomic mass is 10.0. The van der Waals surface area contributed by atoms with Gasteiger partial charge in [-0.3, -0.25) is 10.1 Å². The number of anilines is 1. The van der Waals surface area contributed by atoms with Gasteiger partial charge < -0.3 is 9.15 Å². The largest absolute Gasteiger partial charge is 0.484 e. The van der Waals surface area contributed by atoms with Gasteiger partial charge >= 0.3 is 0 Å². The van der Waals surface area contributed by atoms with Gasteiger partial charge in [-0.2, -0.15) is 5.26 Å². The first-order valence-electron chi connectivity index (χ1n) is 11.5. The van der Waals surface area contributed by atoms with Crippen LogP contribution in [0.25, 0.3) is 33.6 Å². The number of ether oxygens (including phenoxy) is 1. The molecule has 0 radical (unpaired) electrons. The van der Waals surface area contributed by atoms with Crippen molar-refractivity contribution in [1.29, 1.82) is 5.26 Å². The van der Waals surface area contributed by atoms with Crippen LogP contribution in [-0.2, 0) is 4.79 Å². The third kappa shape index (κ3) is 5.19. The molecule has 174 valence electrons. The van der Waals surface area contributed by atoms with Gasteiger partial charge in [-0.25, -0.2) is 0 Å². The van der Waals surface area contributed by atoms with Crippen LogP contribution in [0.3, 0.4) is 0 Å². The molecule has 0 saturated heterocycles. The van der Waals surface area contributed by atoms with Crippen LogP contribution in [0.1, 0.15) is 5.56 Å². The van der Waals surface area contributed by atoms with Crippen LogP contribution in [-0.4, -0.2) is 12.5 Å². The first-order chi connectivity index (χ1) is 17.7. The normalized spacial score (nSPS) is 10.4. The lowest BCUT2D eigenvalue weighted by Crippen LogP contribution is -2.20. The second-order valence-electron chi connectivity index (χ2n) is 8.14. The molecule has 1 aromatic heterocycles. The van der Waals surface area contributed by atoms with Gasteiger partial charge in [-0.05, 0) is 34.4 Å². The van der Waals surface area contributed by atoms with Crippen molar-refractivity contribution in [1.82, 2.24) is 0 Å². The summed E-state index contributed by atoms with van der Waals surface area (Å²) in [5.74, 6) is 0.759. The van der Waals surface area contributed by atoms with Crippen LogP contribution < -0.4 is 10.1 Å². The Kier molecular flexibility index (Phi) is 6.59. The average Bonchev–Trinajstić information content (AvgIpc) is 3.36. The molecule has 5 nitrogen and oxygen atoms in total. The van der Waals surface area contributed by atoms with Crippen LogP contribution in [0.2, 0.25) is 0 Å². The Balaban J connectivity index is 1.22. The maximum atomic E-state index is 12.5. The van der Waals surface area contributed by atoms with E-state index >= 15 is 0 Å². The number of carbonyl (C=O) groups is 1. The number of nitrogens with one attached hydrogen (secondary N) is 1. The van der Waals surface area contributed by atoms with E-state index in [9.17, 15) is 10.1 Å². The number of furan rings is 1. The van der Waals surface area contributed by atoms with Crippen LogP contribution in [0.5, 0.6) is 5.75 Å². The number of amides is 1. The van der Waals surface area contributed by atoms with Crippen LogP contribution in [0.4, 0.5) is 5.88 Å². The Morgan fingerprint density at radius 1 is 0.722 bits per heavy atom. The average molecular weight is 471 g/mol. The Morgan fingerprint density at radius 2 is 1.22 bits per heavy atom. The van der Waals surface area contributed by atoms with Crippen molar-refractivity contribution in [3.8, 4) is 45.4 Å². The summed E-state index contributed by atoms with van der Waals surface area (Å²) in [6.07, 6.45) is 0. The summed E-state index contributed by atoms with van der Waals surface area (Å²) in [4.78, 5) is 12.5. The number of nitriles is 1. The number of hydrogen-bond donors (Lipinski definition) is 1. The number of rotatable bonds is 7. The molecular weight excluding hydrogens is 448 g/mol. The first kappa shape index (κ1) is 22.7. The lowest BCUT2D eigenvalue weighted by Gasteiger charge is -2.08. The Labute approximate surface area is 209 Å². The second-order valence-corrected chi connectivity index (χ2v) is 8.14. The zero-order valence-electron chi connectivity index (χ0n) is 19.3. The maximum absolute atomic E-state index is 12.5. The zero-order chi connectivity index (χ0) is 24.7. The minimum Gasteiger partial charge on any atom is -0.484 e. The van der Waals surface area contributed by atoms with E-state index in [-0.39, 0.29) is 18.1 Å². The van der Waals surface area contributed by atoms with Gasteiger partial charge in [0.1, 0.15) is 23.1 Å². The summed E-state index contributed by atoms with van der Waals surface area (Å²) in [6, 6.07) is 39.1. The molecule has 0 fully saturated rings. The van der Waals surface area contributed by atoms with Crippen LogP contribution in [0, 0.1) is 11.3 Å². The number of benzene rings is 4. The molecule has 36 heavy (non-hydrogen) atoms. The lowest BCUT2D eigenvalue weighted by molar-refractivity contribution is -0.118. The van der Waals surface area contributed by atoms with Crippen molar-refractivity contribution in [3.63, 3.8) is 0 Å². The Bertz CT molecular complexity index is 1500. The Morgan fingerprint density at radius 3 is 1.78 bits per heavy atom. The highest BCUT2D eigenvalue weighted by Crippen LogP contribution is 2.31. The van der Waals surface area contributed by atoms with Gasteiger partial charge in [0, 0.05) is 11.6 Å². The monoisotopic (exact) mass is 470 g/mol. The van der Waals surface area contributed by atoms with Gasteiger partial charge in [-0.15, -0.1) is 0 Å². The van der Waals surface area contributed by atoms with Crippen molar-refractivity contribution in [3.05, 3.63) is 121 Å². The SMILES string of the molecule is N#Cc1cc(-c2ccc(-c3ccccc3)cc2)oc1NC(=O)COc1ccc(-c2ccccc2)cc1. The van der Waals surface area contributed by atoms with E-state index in [4.69, 9.17) is 9.15 Å². The molecule has 5 rings (SSSR count). The summed E-state index contributed by atoms with van der Waals surface area (Å²) >= 11 is 0. The van der Waals surface area contributed by atoms with E-state index in [1.165, 1.54) is 0 Å². The van der Waals surface area contributed by atoms with Gasteiger partial charge in [0.2, 0.25) is 5.88 Å². The third-order valence-corrected chi connectivity index (χ3v) is 5.71. The molecule has 0 aliphatic carbocycles. The van der Waals surface area contributed by atoms with Crippen molar-refractivity contribution >= 4 is 11.8 Å². The highest BCUT2D eigenvalue weighted by Gasteiger charge is 2.16. The zero-order valence-corrected chi connectivity index (χ0v) is 19.3. The molecule has 4 aromatic carbocycles. The molecule has 0 unspecified atom stereocenters. The van der Waals surface area contributed by atoms with Crippen molar-refractivity contribution < 1.29 is 13.9 Å². The molecule has 0 saturated carbocycles. The predicted octanol–water partition coefficient (Wildman–Crippen LogP) is 7.17. The molecule has 5 heteroatoms. The standard InChI is InChI=1S/C31H22N2O3/c32-20-27-19-29(26-13-11-24(12-14-26)22-7-3-1-4-8-22)36-31(27)33-30(34)21-35-28-17-15-25(16-18-28)23-9-5-2-6-10-23/h1-19H,21H2,(H,33,34). The van der Waals surface area contributed by atoms with Crippen molar-refractivity contribution in [2.24, 2.45) is 0 Å². The molecule has 1 heterocycles. The van der Waals surface area contributed by atoms with Crippen molar-refractivity contribution in [2.75, 3.05) is 11.9 Å². The highest BCUT2D eigenvalue weighted by atomic mass is 16.5. The summed E-state index contributed by atoms with van der Waals surface area (Å²) in [5, 5.41) is 12.2. The molecule has 1 amide bonds. The number of nitrogens with zero attached hydrogens (tertiary/aromatic N) is 1. The topological polar surface area (TPSA) is 75.3 Å². The number of carbonyl (C=O) groups excluding carboxylic acids is 1. The molecule has 0 aliphatic heterocycles. The second kappa shape index (κ2) is 10.5. The fourth-order valence-electron chi connectivity index (χ4n) is 3.85. The third-order valence-electron chi connectivity index (χ3n) is 5.71. The van der Waals surface area contributed by atoms with E-state index in [2.05, 4.69) is 11.4 Å². The fourth-order valence-corrected chi connectivity index (χ4v) is 3.85. The number of hydrogen-bond acceptors (Lipinski definition) is 4. The van der Waals surface area contributed by atoms with Gasteiger partial charge in [0.15, 0.2) is 6.61 Å². The molecule has 0 aliphatic rings. The molecule has 0 spiro atoms. The van der Waals surface area contributed by atoms with Crippen molar-refractivity contribution in [2.45, 2.75) is 0 Å². The van der Waals surface area contributed by atoms with E-state index < -0.39 is 5.91 Å². The quantitative estimate of drug-likeness (QED) is 0.274. The summed E-state index contributed by atoms with van der Waals surface area (Å²) in [5.41, 5.74) is 5.41. The van der Waals surface area contributed by atoms with E-state index in [0.717, 1.165) is 27.8 Å². The smallest absolute Gasteiger partial charge is 0.264 e. The van der Waals surface area contributed by atoms with Crippen LogP contribution >= 0.6 is 0 Å². The van der Waals surface area contributed by atoms with Gasteiger partial charge in [0.25, 0.3) is 5.91 Å². The van der Waals surface area contributed by atoms with Crippen LogP contribution in [0.15, 0.2) is 120 Å². The van der Waals surface area contributed by atoms with Gasteiger partial charge in [-0.1, -0.05) is 97.1 Å². The maximum Gasteiger partial charge on any atom is 0.264 e. The molecule has 0 bridgehead atoms. The van der Waals surface area contributed by atoms with Gasteiger partial charge in [0.05, 0.1) is 0 Å². The summed E-state index contributed by atoms with van der Waals surface area (Å²) < 4.78 is 11.4. The van der Waals surface area contributed by atoms with E-state index in [1.807, 2.05) is 109 Å². The predicted molar refractivity (Wildman–Crippen MR) is 140 cm³/mol. The fraction of sp³-hybridized carbons (Fsp3) is 0.0323. The Hall–Kier alpha value is -5.08. The molecule has 1 N–H and O–H groups in total. The van der Waals surface area contributed by atoms with E-state index in [1.54, 1.807) is 6.07 Å². The summed E-state index contributed by atoms with van der Waals surface area (Å²) in [7, 11) is 0. The summed E-state index contributed by atoms with van der Waals surface area (Å²) in [6.45, 7) is -0.211. The molecule has 5 aromatic rings. The molecular formula is C31H22N2O3. The minimum absolute atomic E-state index is 0.104. The highest BCUT2D eigenvalue weighted by molar-refractivity contribution is 5.92. The van der Waals surface area contributed by atoms with E-state index in [0.29, 0.717) is 11.5 Å².